The van der Waals surface area contributed by atoms with Gasteiger partial charge >= 0.3 is 0 Å². The summed E-state index contributed by atoms with van der Waals surface area (Å²) in [5.74, 6) is 0.526. The van der Waals surface area contributed by atoms with Crippen LogP contribution in [0.3, 0.4) is 0 Å². The van der Waals surface area contributed by atoms with E-state index in [2.05, 4.69) is 10.3 Å². The standard InChI is InChI=1S/C16H19N3O3/c1-11(2)18-15(20)9-19-10-17-14(8-16(19)21)12-4-6-13(22-3)7-5-12/h4-8,10-11H,9H2,1-3H3,(H,18,20). The van der Waals surface area contributed by atoms with E-state index in [0.29, 0.717) is 5.69 Å². The maximum Gasteiger partial charge on any atom is 0.254 e. The Morgan fingerprint density at radius 2 is 2.00 bits per heavy atom. The van der Waals surface area contributed by atoms with Crippen LogP contribution in [0.15, 0.2) is 41.5 Å². The third kappa shape index (κ3) is 3.94. The molecule has 2 rings (SSSR count). The molecule has 6 nitrogen and oxygen atoms in total. The van der Waals surface area contributed by atoms with Crippen LogP contribution in [0, 0.1) is 0 Å². The molecule has 0 aliphatic rings. The highest BCUT2D eigenvalue weighted by atomic mass is 16.5. The largest absolute Gasteiger partial charge is 0.497 e. The Labute approximate surface area is 128 Å². The molecule has 6 heteroatoms. The highest BCUT2D eigenvalue weighted by molar-refractivity contribution is 5.76. The summed E-state index contributed by atoms with van der Waals surface area (Å²) in [5, 5.41) is 2.74. The molecular weight excluding hydrogens is 282 g/mol. The van der Waals surface area contributed by atoms with Gasteiger partial charge in [-0.15, -0.1) is 0 Å². The first-order chi connectivity index (χ1) is 10.5. The molecule has 1 aromatic heterocycles. The molecule has 1 aromatic carbocycles. The number of amides is 1. The molecule has 0 saturated carbocycles. The molecule has 0 aliphatic heterocycles. The van der Waals surface area contributed by atoms with Crippen LogP contribution in [0.1, 0.15) is 13.8 Å². The number of carbonyl (C=O) groups is 1. The monoisotopic (exact) mass is 301 g/mol. The summed E-state index contributed by atoms with van der Waals surface area (Å²) in [6, 6.07) is 8.73. The number of hydrogen-bond donors (Lipinski definition) is 1. The zero-order valence-electron chi connectivity index (χ0n) is 12.9. The van der Waals surface area contributed by atoms with Crippen molar-refractivity contribution in [3.63, 3.8) is 0 Å². The number of carbonyl (C=O) groups excluding carboxylic acids is 1. The van der Waals surface area contributed by atoms with Crippen LogP contribution >= 0.6 is 0 Å². The van der Waals surface area contributed by atoms with Crippen LogP contribution in [0.5, 0.6) is 5.75 Å². The van der Waals surface area contributed by atoms with Crippen molar-refractivity contribution in [2.24, 2.45) is 0 Å². The zero-order chi connectivity index (χ0) is 16.1. The summed E-state index contributed by atoms with van der Waals surface area (Å²) in [7, 11) is 1.59. The minimum Gasteiger partial charge on any atom is -0.497 e. The smallest absolute Gasteiger partial charge is 0.254 e. The number of benzene rings is 1. The van der Waals surface area contributed by atoms with E-state index in [1.165, 1.54) is 17.0 Å². The van der Waals surface area contributed by atoms with Crippen LogP contribution in [0.2, 0.25) is 0 Å². The third-order valence-corrected chi connectivity index (χ3v) is 3.03. The highest BCUT2D eigenvalue weighted by Gasteiger charge is 2.08. The van der Waals surface area contributed by atoms with Crippen molar-refractivity contribution in [2.45, 2.75) is 26.4 Å². The van der Waals surface area contributed by atoms with Crippen molar-refractivity contribution in [1.82, 2.24) is 14.9 Å². The summed E-state index contributed by atoms with van der Waals surface area (Å²) in [5.41, 5.74) is 1.12. The molecule has 2 aromatic rings. The zero-order valence-corrected chi connectivity index (χ0v) is 12.9. The van der Waals surface area contributed by atoms with Gasteiger partial charge in [-0.05, 0) is 38.1 Å². The van der Waals surface area contributed by atoms with Gasteiger partial charge in [0.15, 0.2) is 0 Å². The molecule has 0 spiro atoms. The van der Waals surface area contributed by atoms with Crippen LogP contribution in [-0.2, 0) is 11.3 Å². The molecule has 0 fully saturated rings. The number of nitrogens with zero attached hydrogens (tertiary/aromatic N) is 2. The predicted molar refractivity (Wildman–Crippen MR) is 83.8 cm³/mol. The maximum atomic E-state index is 12.1. The fourth-order valence-electron chi connectivity index (χ4n) is 1.99. The van der Waals surface area contributed by atoms with Gasteiger partial charge in [0.2, 0.25) is 5.91 Å². The molecule has 1 N–H and O–H groups in total. The van der Waals surface area contributed by atoms with E-state index in [4.69, 9.17) is 4.74 Å². The molecule has 22 heavy (non-hydrogen) atoms. The Balaban J connectivity index is 2.18. The average Bonchev–Trinajstić information content (AvgIpc) is 2.48. The van der Waals surface area contributed by atoms with E-state index in [0.717, 1.165) is 11.3 Å². The normalized spacial score (nSPS) is 10.5. The van der Waals surface area contributed by atoms with E-state index in [9.17, 15) is 9.59 Å². The Hall–Kier alpha value is -2.63. The van der Waals surface area contributed by atoms with Gasteiger partial charge in [-0.3, -0.25) is 14.2 Å². The van der Waals surface area contributed by atoms with E-state index in [1.54, 1.807) is 19.2 Å². The first kappa shape index (κ1) is 15.8. The molecule has 0 radical (unpaired) electrons. The lowest BCUT2D eigenvalue weighted by Gasteiger charge is -2.10. The second-order valence-electron chi connectivity index (χ2n) is 5.19. The predicted octanol–water partition coefficient (Wildman–Crippen LogP) is 1.44. The lowest BCUT2D eigenvalue weighted by Crippen LogP contribution is -2.35. The first-order valence-electron chi connectivity index (χ1n) is 7.00. The molecule has 0 atom stereocenters. The van der Waals surface area contributed by atoms with Gasteiger partial charge in [0.25, 0.3) is 5.56 Å². The Kier molecular flexibility index (Phi) is 4.93. The number of nitrogens with one attached hydrogen (secondary N) is 1. The van der Waals surface area contributed by atoms with Gasteiger partial charge in [0.1, 0.15) is 12.3 Å². The fourth-order valence-corrected chi connectivity index (χ4v) is 1.99. The van der Waals surface area contributed by atoms with Crippen molar-refractivity contribution in [3.8, 4) is 17.0 Å². The summed E-state index contributed by atoms with van der Waals surface area (Å²) >= 11 is 0. The fraction of sp³-hybridized carbons (Fsp3) is 0.312. The third-order valence-electron chi connectivity index (χ3n) is 3.03. The molecular formula is C16H19N3O3. The van der Waals surface area contributed by atoms with Gasteiger partial charge in [0, 0.05) is 17.7 Å². The summed E-state index contributed by atoms with van der Waals surface area (Å²) in [6.45, 7) is 3.70. The lowest BCUT2D eigenvalue weighted by molar-refractivity contribution is -0.122. The average molecular weight is 301 g/mol. The minimum atomic E-state index is -0.264. The van der Waals surface area contributed by atoms with Crippen molar-refractivity contribution in [2.75, 3.05) is 7.11 Å². The van der Waals surface area contributed by atoms with Crippen LogP contribution in [-0.4, -0.2) is 28.6 Å². The number of methoxy groups -OCH3 is 1. The van der Waals surface area contributed by atoms with Crippen molar-refractivity contribution in [1.29, 1.82) is 0 Å². The van der Waals surface area contributed by atoms with Gasteiger partial charge in [-0.1, -0.05) is 0 Å². The molecule has 0 bridgehead atoms. The minimum absolute atomic E-state index is 0.0348. The molecule has 0 aliphatic carbocycles. The van der Waals surface area contributed by atoms with Crippen molar-refractivity contribution in [3.05, 3.63) is 47.0 Å². The van der Waals surface area contributed by atoms with Gasteiger partial charge in [-0.2, -0.15) is 0 Å². The Morgan fingerprint density at radius 1 is 1.32 bits per heavy atom. The van der Waals surface area contributed by atoms with Gasteiger partial charge in [-0.25, -0.2) is 4.98 Å². The quantitative estimate of drug-likeness (QED) is 0.907. The molecule has 1 amide bonds. The Bertz CT molecular complexity index is 705. The van der Waals surface area contributed by atoms with Gasteiger partial charge < -0.3 is 10.1 Å². The van der Waals surface area contributed by atoms with E-state index in [-0.39, 0.29) is 24.1 Å². The van der Waals surface area contributed by atoms with E-state index < -0.39 is 0 Å². The number of ether oxygens (including phenoxy) is 1. The second kappa shape index (κ2) is 6.89. The van der Waals surface area contributed by atoms with E-state index in [1.807, 2.05) is 26.0 Å². The molecule has 0 saturated heterocycles. The lowest BCUT2D eigenvalue weighted by atomic mass is 10.1. The summed E-state index contributed by atoms with van der Waals surface area (Å²) < 4.78 is 6.38. The van der Waals surface area contributed by atoms with Crippen molar-refractivity contribution >= 4 is 5.91 Å². The van der Waals surface area contributed by atoms with Crippen molar-refractivity contribution < 1.29 is 9.53 Å². The van der Waals surface area contributed by atoms with Crippen LogP contribution in [0.25, 0.3) is 11.3 Å². The number of hydrogen-bond acceptors (Lipinski definition) is 4. The summed E-state index contributed by atoms with van der Waals surface area (Å²) in [4.78, 5) is 28.0. The molecule has 1 heterocycles. The van der Waals surface area contributed by atoms with E-state index >= 15 is 0 Å². The molecule has 116 valence electrons. The second-order valence-corrected chi connectivity index (χ2v) is 5.19. The first-order valence-corrected chi connectivity index (χ1v) is 7.00. The summed E-state index contributed by atoms with van der Waals surface area (Å²) in [6.07, 6.45) is 1.39. The topological polar surface area (TPSA) is 73.2 Å². The van der Waals surface area contributed by atoms with Crippen LogP contribution in [0.4, 0.5) is 0 Å². The maximum absolute atomic E-state index is 12.1. The number of rotatable bonds is 5. The van der Waals surface area contributed by atoms with Gasteiger partial charge in [0.05, 0.1) is 19.1 Å². The molecule has 0 unspecified atom stereocenters. The van der Waals surface area contributed by atoms with Crippen LogP contribution < -0.4 is 15.6 Å². The highest BCUT2D eigenvalue weighted by Crippen LogP contribution is 2.19. The Morgan fingerprint density at radius 3 is 2.55 bits per heavy atom. The number of aromatic nitrogens is 2. The SMILES string of the molecule is COc1ccc(-c2cc(=O)n(CC(=O)NC(C)C)cn2)cc1.